The first-order valence-corrected chi connectivity index (χ1v) is 9.64. The molecule has 0 atom stereocenters. The van der Waals surface area contributed by atoms with E-state index < -0.39 is 5.60 Å². The Kier molecular flexibility index (Phi) is 4.36. The number of nitrogens with zero attached hydrogens (tertiary/aromatic N) is 3. The van der Waals surface area contributed by atoms with Crippen LogP contribution in [-0.2, 0) is 6.54 Å². The summed E-state index contributed by atoms with van der Waals surface area (Å²) in [6, 6.07) is 13.2. The fourth-order valence-corrected chi connectivity index (χ4v) is 4.20. The number of hydrogen-bond donors (Lipinski definition) is 1. The van der Waals surface area contributed by atoms with Crippen LogP contribution in [0.4, 0.5) is 0 Å². The molecule has 2 aliphatic rings. The molecule has 148 valence electrons. The van der Waals surface area contributed by atoms with Gasteiger partial charge in [0.1, 0.15) is 17.0 Å². The SMILES string of the molecule is CCN(O)C1=C(N2Cc3ccccc3C2=O)c2c(ccc(C#N)c2C)OC1(C)C. The molecular weight excluding hydrogens is 366 g/mol. The van der Waals surface area contributed by atoms with E-state index in [9.17, 15) is 15.3 Å². The number of rotatable bonds is 3. The highest BCUT2D eigenvalue weighted by molar-refractivity contribution is 6.04. The largest absolute Gasteiger partial charge is 0.481 e. The summed E-state index contributed by atoms with van der Waals surface area (Å²) >= 11 is 0. The highest BCUT2D eigenvalue weighted by Gasteiger charge is 2.44. The monoisotopic (exact) mass is 389 g/mol. The van der Waals surface area contributed by atoms with Crippen molar-refractivity contribution in [1.82, 2.24) is 9.96 Å². The van der Waals surface area contributed by atoms with Crippen LogP contribution in [0.15, 0.2) is 42.1 Å². The quantitative estimate of drug-likeness (QED) is 0.801. The average Bonchev–Trinajstić information content (AvgIpc) is 3.03. The van der Waals surface area contributed by atoms with Gasteiger partial charge in [0.15, 0.2) is 0 Å². The summed E-state index contributed by atoms with van der Waals surface area (Å²) in [7, 11) is 0. The summed E-state index contributed by atoms with van der Waals surface area (Å²) in [5, 5.41) is 21.5. The topological polar surface area (TPSA) is 76.8 Å². The van der Waals surface area contributed by atoms with Gasteiger partial charge in [0.25, 0.3) is 5.91 Å². The van der Waals surface area contributed by atoms with Crippen LogP contribution in [0.2, 0.25) is 0 Å². The van der Waals surface area contributed by atoms with Gasteiger partial charge in [-0.25, -0.2) is 0 Å². The number of hydroxylamine groups is 2. The molecule has 6 nitrogen and oxygen atoms in total. The molecule has 2 aromatic rings. The number of carbonyl (C=O) groups is 1. The van der Waals surface area contributed by atoms with Gasteiger partial charge in [-0.2, -0.15) is 5.26 Å². The summed E-state index contributed by atoms with van der Waals surface area (Å²) in [5.41, 5.74) is 3.72. The predicted molar refractivity (Wildman–Crippen MR) is 108 cm³/mol. The molecule has 2 aromatic carbocycles. The lowest BCUT2D eigenvalue weighted by Gasteiger charge is -2.42. The average molecular weight is 389 g/mol. The third kappa shape index (κ3) is 2.78. The van der Waals surface area contributed by atoms with E-state index in [-0.39, 0.29) is 5.91 Å². The van der Waals surface area contributed by atoms with Crippen LogP contribution in [0.5, 0.6) is 5.75 Å². The third-order valence-corrected chi connectivity index (χ3v) is 5.59. The van der Waals surface area contributed by atoms with Gasteiger partial charge in [0, 0.05) is 17.7 Å². The minimum atomic E-state index is -0.872. The van der Waals surface area contributed by atoms with Crippen molar-refractivity contribution in [2.75, 3.05) is 6.54 Å². The molecule has 0 saturated heterocycles. The number of ether oxygens (including phenoxy) is 1. The molecule has 1 N–H and O–H groups in total. The number of amides is 1. The molecule has 6 heteroatoms. The fourth-order valence-electron chi connectivity index (χ4n) is 4.20. The Hall–Kier alpha value is -3.30. The second-order valence-electron chi connectivity index (χ2n) is 7.80. The zero-order chi connectivity index (χ0) is 20.9. The highest BCUT2D eigenvalue weighted by atomic mass is 16.5. The van der Waals surface area contributed by atoms with E-state index in [1.165, 1.54) is 0 Å². The van der Waals surface area contributed by atoms with Crippen molar-refractivity contribution in [2.45, 2.75) is 39.8 Å². The van der Waals surface area contributed by atoms with Crippen molar-refractivity contribution in [1.29, 1.82) is 5.26 Å². The lowest BCUT2D eigenvalue weighted by atomic mass is 9.89. The van der Waals surface area contributed by atoms with Crippen LogP contribution in [0.1, 0.15) is 53.4 Å². The van der Waals surface area contributed by atoms with E-state index in [2.05, 4.69) is 6.07 Å². The van der Waals surface area contributed by atoms with E-state index in [0.717, 1.165) is 16.2 Å². The van der Waals surface area contributed by atoms with Crippen LogP contribution in [0.3, 0.4) is 0 Å². The Labute approximate surface area is 170 Å². The number of carbonyl (C=O) groups excluding carboxylic acids is 1. The van der Waals surface area contributed by atoms with Crippen molar-refractivity contribution in [3.8, 4) is 11.8 Å². The maximum Gasteiger partial charge on any atom is 0.259 e. The van der Waals surface area contributed by atoms with Crippen molar-refractivity contribution >= 4 is 11.6 Å². The number of fused-ring (bicyclic) bond motifs is 2. The normalized spacial score (nSPS) is 16.8. The van der Waals surface area contributed by atoms with Gasteiger partial charge in [-0.05, 0) is 57.0 Å². The zero-order valence-corrected chi connectivity index (χ0v) is 17.0. The molecule has 0 radical (unpaired) electrons. The Morgan fingerprint density at radius 2 is 2.00 bits per heavy atom. The summed E-state index contributed by atoms with van der Waals surface area (Å²) in [6.07, 6.45) is 0. The van der Waals surface area contributed by atoms with Crippen molar-refractivity contribution in [3.63, 3.8) is 0 Å². The van der Waals surface area contributed by atoms with Gasteiger partial charge >= 0.3 is 0 Å². The molecule has 0 aromatic heterocycles. The molecular formula is C23H23N3O3. The Morgan fingerprint density at radius 1 is 1.28 bits per heavy atom. The lowest BCUT2D eigenvalue weighted by molar-refractivity contribution is -0.0821. The summed E-state index contributed by atoms with van der Waals surface area (Å²) < 4.78 is 6.23. The maximum absolute atomic E-state index is 13.3. The van der Waals surface area contributed by atoms with Gasteiger partial charge in [-0.1, -0.05) is 18.2 Å². The van der Waals surface area contributed by atoms with Gasteiger partial charge in [-0.15, -0.1) is 0 Å². The van der Waals surface area contributed by atoms with Crippen molar-refractivity contribution in [2.24, 2.45) is 0 Å². The van der Waals surface area contributed by atoms with Gasteiger partial charge in [0.05, 0.1) is 23.9 Å². The first-order chi connectivity index (χ1) is 13.8. The minimum Gasteiger partial charge on any atom is -0.481 e. The number of nitriles is 1. The highest BCUT2D eigenvalue weighted by Crippen LogP contribution is 2.47. The van der Waals surface area contributed by atoms with Crippen molar-refractivity contribution < 1.29 is 14.7 Å². The molecule has 0 saturated carbocycles. The molecule has 0 spiro atoms. The van der Waals surface area contributed by atoms with E-state index in [1.54, 1.807) is 17.0 Å². The maximum atomic E-state index is 13.3. The van der Waals surface area contributed by atoms with Crippen LogP contribution >= 0.6 is 0 Å². The van der Waals surface area contributed by atoms with E-state index in [4.69, 9.17) is 4.74 Å². The van der Waals surface area contributed by atoms with Gasteiger partial charge < -0.3 is 9.64 Å². The zero-order valence-electron chi connectivity index (χ0n) is 17.0. The number of hydrogen-bond acceptors (Lipinski definition) is 5. The Bertz CT molecular complexity index is 1100. The molecule has 0 bridgehead atoms. The molecule has 2 aliphatic heterocycles. The lowest BCUT2D eigenvalue weighted by Crippen LogP contribution is -2.45. The summed E-state index contributed by atoms with van der Waals surface area (Å²) in [5.74, 6) is 0.474. The van der Waals surface area contributed by atoms with Crippen molar-refractivity contribution in [3.05, 3.63) is 69.9 Å². The first kappa shape index (κ1) is 19.0. The van der Waals surface area contributed by atoms with Crippen LogP contribution < -0.4 is 4.74 Å². The van der Waals surface area contributed by atoms with Gasteiger partial charge in [0.2, 0.25) is 0 Å². The van der Waals surface area contributed by atoms with Crippen LogP contribution in [-0.4, -0.2) is 33.2 Å². The molecule has 0 aliphatic carbocycles. The van der Waals surface area contributed by atoms with Gasteiger partial charge in [-0.3, -0.25) is 15.1 Å². The molecule has 0 unspecified atom stereocenters. The standard InChI is InChI=1S/C23H23N3O3/c1-5-26(28)21-20(25-13-16-8-6-7-9-17(16)22(25)27)19-14(2)15(12-24)10-11-18(19)29-23(21,3)4/h6-11,28H,5,13H2,1-4H3. The van der Waals surface area contributed by atoms with E-state index in [1.807, 2.05) is 52.0 Å². The van der Waals surface area contributed by atoms with E-state index >= 15 is 0 Å². The summed E-state index contributed by atoms with van der Waals surface area (Å²) in [6.45, 7) is 8.13. The van der Waals surface area contributed by atoms with E-state index in [0.29, 0.717) is 46.9 Å². The number of benzene rings is 2. The van der Waals surface area contributed by atoms with Crippen LogP contribution in [0.25, 0.3) is 5.70 Å². The predicted octanol–water partition coefficient (Wildman–Crippen LogP) is 4.07. The first-order valence-electron chi connectivity index (χ1n) is 9.64. The summed E-state index contributed by atoms with van der Waals surface area (Å²) in [4.78, 5) is 15.0. The number of likely N-dealkylation sites (N-methyl/N-ethyl adjacent to an activating group) is 1. The smallest absolute Gasteiger partial charge is 0.259 e. The second kappa shape index (κ2) is 6.64. The Balaban J connectivity index is 2.03. The minimum absolute atomic E-state index is 0.122. The third-order valence-electron chi connectivity index (χ3n) is 5.59. The molecule has 29 heavy (non-hydrogen) atoms. The second-order valence-corrected chi connectivity index (χ2v) is 7.80. The molecule has 0 fully saturated rings. The van der Waals surface area contributed by atoms with Crippen LogP contribution in [0, 0.1) is 18.3 Å². The molecule has 4 rings (SSSR count). The Morgan fingerprint density at radius 3 is 2.66 bits per heavy atom. The fraction of sp³-hybridized carbons (Fsp3) is 0.304. The molecule has 2 heterocycles. The molecule has 1 amide bonds.